The van der Waals surface area contributed by atoms with Gasteiger partial charge in [-0.1, -0.05) is 59.1 Å². The maximum Gasteiger partial charge on any atom is 0.248 e. The molecule has 3 aromatic carbocycles. The molecule has 6 rings (SSSR count). The third-order valence-electron chi connectivity index (χ3n) is 9.10. The molecule has 0 saturated carbocycles. The zero-order valence-electron chi connectivity index (χ0n) is 24.7. The Morgan fingerprint density at radius 2 is 1.68 bits per heavy atom. The highest BCUT2D eigenvalue weighted by Gasteiger charge is 2.75. The number of benzene rings is 3. The summed E-state index contributed by atoms with van der Waals surface area (Å²) in [6.45, 7) is 3.05. The highest BCUT2D eigenvalue weighted by molar-refractivity contribution is 9.09. The molecule has 8 nitrogen and oxygen atoms in total. The smallest absolute Gasteiger partial charge is 0.248 e. The summed E-state index contributed by atoms with van der Waals surface area (Å²) in [6.07, 6.45) is 3.77. The molecule has 3 amide bonds. The average molecular weight is 681 g/mol. The molecular formula is C34H38BrN3O5S. The number of thioether (sulfide) groups is 1. The van der Waals surface area contributed by atoms with Crippen LogP contribution >= 0.6 is 27.7 Å². The molecule has 1 spiro atoms. The summed E-state index contributed by atoms with van der Waals surface area (Å²) >= 11 is 5.47. The Hall–Kier alpha value is -3.08. The van der Waals surface area contributed by atoms with Crippen molar-refractivity contribution in [2.75, 3.05) is 30.4 Å². The molecule has 3 fully saturated rings. The van der Waals surface area contributed by atoms with Crippen molar-refractivity contribution >= 4 is 67.6 Å². The van der Waals surface area contributed by atoms with Crippen LogP contribution < -0.4 is 15.4 Å². The van der Waals surface area contributed by atoms with Crippen LogP contribution in [0.2, 0.25) is 0 Å². The number of unbranched alkanes of at least 4 members (excludes halogenated alkanes) is 3. The van der Waals surface area contributed by atoms with Gasteiger partial charge in [-0.2, -0.15) is 0 Å². The van der Waals surface area contributed by atoms with Gasteiger partial charge in [-0.25, -0.2) is 0 Å². The third kappa shape index (κ3) is 5.72. The number of anilines is 2. The van der Waals surface area contributed by atoms with E-state index in [4.69, 9.17) is 4.74 Å². The summed E-state index contributed by atoms with van der Waals surface area (Å²) in [7, 11) is 0. The van der Waals surface area contributed by atoms with Crippen LogP contribution in [0.4, 0.5) is 11.4 Å². The molecule has 3 N–H and O–H groups in total. The Morgan fingerprint density at radius 3 is 2.43 bits per heavy atom. The first-order valence-electron chi connectivity index (χ1n) is 15.4. The lowest BCUT2D eigenvalue weighted by atomic mass is 9.70. The summed E-state index contributed by atoms with van der Waals surface area (Å²) < 4.78 is 4.81. The number of amides is 3. The van der Waals surface area contributed by atoms with Crippen LogP contribution in [0.25, 0.3) is 10.8 Å². The first-order valence-corrected chi connectivity index (χ1v) is 17.2. The SMILES string of the molecule is CCOc1ccc(NC(=O)[C@H]2[C@@H]3SC4(CC3Br)C(C(=O)Nc3ccc5ccccc5c3)N(CCCCCCO)C(=O)[C@H]24)cc1. The molecule has 0 aromatic heterocycles. The van der Waals surface area contributed by atoms with Crippen LogP contribution in [0.1, 0.15) is 39.0 Å². The normalized spacial score (nSPS) is 27.0. The summed E-state index contributed by atoms with van der Waals surface area (Å²) in [5, 5.41) is 17.4. The summed E-state index contributed by atoms with van der Waals surface area (Å²) in [6, 6.07) is 20.4. The van der Waals surface area contributed by atoms with Gasteiger partial charge in [0.05, 0.1) is 23.2 Å². The number of halogens is 1. The number of carbonyl (C=O) groups is 3. The van der Waals surface area contributed by atoms with E-state index in [1.165, 1.54) is 0 Å². The Balaban J connectivity index is 1.28. The van der Waals surface area contributed by atoms with Crippen LogP contribution in [0.3, 0.4) is 0 Å². The number of likely N-dealkylation sites (tertiary alicyclic amines) is 1. The molecule has 10 heteroatoms. The average Bonchev–Trinajstić information content (AvgIpc) is 3.61. The standard InChI is InChI=1S/C34H38BrN3O5S/c1-2-43-25-15-13-23(14-16-25)36-31(40)27-28-33(42)38(17-7-3-4-8-18-39)30(34(28)20-26(35)29(27)44-34)32(41)37-24-12-11-21-9-5-6-10-22(21)19-24/h5-6,9-16,19,26-30,39H,2-4,7-8,17-18,20H2,1H3,(H,36,40)(H,37,41)/t26?,27-,28+,29-,30?,34?/m1/s1. The number of rotatable bonds is 12. The number of aliphatic hydroxyl groups is 1. The van der Waals surface area contributed by atoms with Gasteiger partial charge in [0.25, 0.3) is 0 Å². The van der Waals surface area contributed by atoms with E-state index in [0.717, 1.165) is 35.8 Å². The third-order valence-corrected chi connectivity index (χ3v) is 12.3. The van der Waals surface area contributed by atoms with Crippen molar-refractivity contribution in [2.24, 2.45) is 11.8 Å². The van der Waals surface area contributed by atoms with E-state index in [-0.39, 0.29) is 34.4 Å². The lowest BCUT2D eigenvalue weighted by Crippen LogP contribution is -2.52. The molecule has 0 aliphatic carbocycles. The maximum absolute atomic E-state index is 14.3. The quantitative estimate of drug-likeness (QED) is 0.164. The van der Waals surface area contributed by atoms with Crippen molar-refractivity contribution in [2.45, 2.75) is 59.9 Å². The molecule has 3 aliphatic heterocycles. The van der Waals surface area contributed by atoms with E-state index in [1.807, 2.05) is 61.5 Å². The van der Waals surface area contributed by atoms with E-state index in [9.17, 15) is 19.5 Å². The number of fused-ring (bicyclic) bond motifs is 2. The van der Waals surface area contributed by atoms with Gasteiger partial charge in [0.15, 0.2) is 0 Å². The van der Waals surface area contributed by atoms with Crippen molar-refractivity contribution in [1.82, 2.24) is 4.90 Å². The molecule has 232 valence electrons. The first-order chi connectivity index (χ1) is 21.4. The number of hydrogen-bond acceptors (Lipinski definition) is 6. The van der Waals surface area contributed by atoms with E-state index in [1.54, 1.807) is 28.8 Å². The Labute approximate surface area is 270 Å². The van der Waals surface area contributed by atoms with Crippen molar-refractivity contribution < 1.29 is 24.2 Å². The number of nitrogens with one attached hydrogen (secondary N) is 2. The van der Waals surface area contributed by atoms with E-state index < -0.39 is 22.6 Å². The van der Waals surface area contributed by atoms with Crippen molar-refractivity contribution in [3.05, 3.63) is 66.7 Å². The molecule has 2 bridgehead atoms. The fraction of sp³-hybridized carbons (Fsp3) is 0.441. The number of alkyl halides is 1. The Morgan fingerprint density at radius 1 is 0.977 bits per heavy atom. The molecule has 3 saturated heterocycles. The minimum Gasteiger partial charge on any atom is -0.494 e. The van der Waals surface area contributed by atoms with Crippen LogP contribution in [-0.2, 0) is 14.4 Å². The van der Waals surface area contributed by atoms with Crippen molar-refractivity contribution in [3.8, 4) is 5.75 Å². The highest BCUT2D eigenvalue weighted by atomic mass is 79.9. The topological polar surface area (TPSA) is 108 Å². The number of hydrogen-bond donors (Lipinski definition) is 3. The van der Waals surface area contributed by atoms with Gasteiger partial charge in [0.1, 0.15) is 11.8 Å². The zero-order chi connectivity index (χ0) is 30.8. The van der Waals surface area contributed by atoms with Gasteiger partial charge in [-0.05, 0) is 73.4 Å². The molecule has 3 aromatic rings. The molecule has 3 aliphatic rings. The minimum absolute atomic E-state index is 0.00639. The minimum atomic E-state index is -0.719. The largest absolute Gasteiger partial charge is 0.494 e. The van der Waals surface area contributed by atoms with Crippen LogP contribution in [-0.4, -0.2) is 68.4 Å². The second-order valence-corrected chi connectivity index (χ2v) is 14.5. The fourth-order valence-corrected chi connectivity index (χ4v) is 10.8. The Kier molecular flexibility index (Phi) is 9.21. The van der Waals surface area contributed by atoms with Gasteiger partial charge in [-0.15, -0.1) is 11.8 Å². The molecule has 6 atom stereocenters. The van der Waals surface area contributed by atoms with Crippen molar-refractivity contribution in [3.63, 3.8) is 0 Å². The van der Waals surface area contributed by atoms with Crippen molar-refractivity contribution in [1.29, 1.82) is 0 Å². The van der Waals surface area contributed by atoms with Gasteiger partial charge in [-0.3, -0.25) is 14.4 Å². The molecule has 44 heavy (non-hydrogen) atoms. The predicted octanol–water partition coefficient (Wildman–Crippen LogP) is 5.83. The van der Waals surface area contributed by atoms with Gasteiger partial charge < -0.3 is 25.4 Å². The van der Waals surface area contributed by atoms with Crippen LogP contribution in [0.15, 0.2) is 66.7 Å². The lowest BCUT2D eigenvalue weighted by Gasteiger charge is -2.35. The maximum atomic E-state index is 14.3. The first kappa shape index (κ1) is 30.9. The number of aliphatic hydroxyl groups excluding tert-OH is 1. The molecular weight excluding hydrogens is 642 g/mol. The zero-order valence-corrected chi connectivity index (χ0v) is 27.1. The van der Waals surface area contributed by atoms with Gasteiger partial charge >= 0.3 is 0 Å². The van der Waals surface area contributed by atoms with Gasteiger partial charge in [0.2, 0.25) is 17.7 Å². The summed E-state index contributed by atoms with van der Waals surface area (Å²) in [5.74, 6) is -0.985. The van der Waals surface area contributed by atoms with E-state index in [0.29, 0.717) is 37.4 Å². The Bertz CT molecular complexity index is 1540. The number of nitrogens with zero attached hydrogens (tertiary/aromatic N) is 1. The second kappa shape index (κ2) is 13.1. The number of carbonyl (C=O) groups excluding carboxylic acids is 3. The summed E-state index contributed by atoms with van der Waals surface area (Å²) in [5.41, 5.74) is 1.32. The second-order valence-electron chi connectivity index (χ2n) is 11.8. The molecule has 3 heterocycles. The van der Waals surface area contributed by atoms with Gasteiger partial charge in [0, 0.05) is 34.6 Å². The molecule has 3 unspecified atom stereocenters. The highest BCUT2D eigenvalue weighted by Crippen LogP contribution is 2.67. The van der Waals surface area contributed by atoms with E-state index in [2.05, 4.69) is 26.6 Å². The fourth-order valence-electron chi connectivity index (χ4n) is 7.22. The van der Waals surface area contributed by atoms with Crippen LogP contribution in [0, 0.1) is 11.8 Å². The summed E-state index contributed by atoms with van der Waals surface area (Å²) in [4.78, 5) is 44.2. The monoisotopic (exact) mass is 679 g/mol. The van der Waals surface area contributed by atoms with E-state index >= 15 is 0 Å². The predicted molar refractivity (Wildman–Crippen MR) is 178 cm³/mol. The van der Waals surface area contributed by atoms with Crippen LogP contribution in [0.5, 0.6) is 5.75 Å². The lowest BCUT2D eigenvalue weighted by molar-refractivity contribution is -0.138. The molecule has 0 radical (unpaired) electrons. The number of ether oxygens (including phenoxy) is 1.